The molecule has 1 heterocycles. The average molecular weight is 409 g/mol. The third-order valence-electron chi connectivity index (χ3n) is 2.99. The van der Waals surface area contributed by atoms with Crippen LogP contribution in [0.15, 0.2) is 42.7 Å². The van der Waals surface area contributed by atoms with Crippen LogP contribution in [-0.4, -0.2) is 30.9 Å². The van der Waals surface area contributed by atoms with Gasteiger partial charge in [0.1, 0.15) is 6.09 Å². The molecule has 1 amide bonds. The van der Waals surface area contributed by atoms with Gasteiger partial charge in [-0.05, 0) is 17.7 Å². The number of rotatable bonds is 5. The summed E-state index contributed by atoms with van der Waals surface area (Å²) in [6, 6.07) is 8.31. The zero-order valence-electron chi connectivity index (χ0n) is 12.0. The molecule has 128 valence electrons. The third kappa shape index (κ3) is 5.01. The van der Waals surface area contributed by atoms with Gasteiger partial charge in [0.25, 0.3) is 0 Å². The number of nitrogens with one attached hydrogen (secondary N) is 1. The van der Waals surface area contributed by atoms with Gasteiger partial charge in [-0.1, -0.05) is 64.6 Å². The molecule has 6 nitrogen and oxygen atoms in total. The topological polar surface area (TPSA) is 81.2 Å². The molecule has 2 aromatic rings. The Bertz CT molecular complexity index is 697. The lowest BCUT2D eigenvalue weighted by atomic mass is 10.2. The Balaban J connectivity index is 2.32. The number of hydrogen-bond acceptors (Lipinski definition) is 5. The predicted octanol–water partition coefficient (Wildman–Crippen LogP) is 3.08. The van der Waals surface area contributed by atoms with Gasteiger partial charge in [0.2, 0.25) is 9.74 Å². The van der Waals surface area contributed by atoms with Crippen molar-refractivity contribution in [3.05, 3.63) is 53.3 Å². The molecule has 0 aliphatic heterocycles. The maximum atomic E-state index is 11.6. The fourth-order valence-corrected chi connectivity index (χ4v) is 2.62. The van der Waals surface area contributed by atoms with E-state index in [1.54, 1.807) is 30.3 Å². The fraction of sp³-hybridized carbons (Fsp3) is 0.214. The lowest BCUT2D eigenvalue weighted by Crippen LogP contribution is -2.55. The number of benzene rings is 1. The summed E-state index contributed by atoms with van der Waals surface area (Å²) in [5.41, 5.74) is 0.526. The number of nitrogens with zero attached hydrogens (tertiary/aromatic N) is 3. The van der Waals surface area contributed by atoms with Crippen molar-refractivity contribution in [2.24, 2.45) is 0 Å². The number of alkyl halides is 3. The SMILES string of the molecule is O=C([O-])N(Cc1ccccc1Cl)C(Nc1ncccn1)C(Cl)(Cl)Cl. The maximum absolute atomic E-state index is 11.6. The number of amides is 1. The second-order valence-corrected chi connectivity index (χ2v) is 7.42. The highest BCUT2D eigenvalue weighted by molar-refractivity contribution is 6.68. The summed E-state index contributed by atoms with van der Waals surface area (Å²) in [6.45, 7) is -0.152. The summed E-state index contributed by atoms with van der Waals surface area (Å²) in [6.07, 6.45) is 0.0746. The second kappa shape index (κ2) is 8.07. The van der Waals surface area contributed by atoms with Gasteiger partial charge >= 0.3 is 0 Å². The van der Waals surface area contributed by atoms with E-state index < -0.39 is 16.1 Å². The first-order chi connectivity index (χ1) is 11.3. The molecule has 1 unspecified atom stereocenters. The molecule has 0 spiro atoms. The minimum absolute atomic E-state index is 0.0965. The van der Waals surface area contributed by atoms with E-state index in [0.717, 1.165) is 4.90 Å². The van der Waals surface area contributed by atoms with Gasteiger partial charge in [-0.3, -0.25) is 0 Å². The molecule has 0 bridgehead atoms. The van der Waals surface area contributed by atoms with Crippen molar-refractivity contribution < 1.29 is 9.90 Å². The number of halogens is 4. The van der Waals surface area contributed by atoms with Crippen LogP contribution in [0.25, 0.3) is 0 Å². The van der Waals surface area contributed by atoms with E-state index in [4.69, 9.17) is 46.4 Å². The van der Waals surface area contributed by atoms with Gasteiger partial charge in [-0.25, -0.2) is 9.97 Å². The second-order valence-electron chi connectivity index (χ2n) is 4.65. The van der Waals surface area contributed by atoms with Crippen molar-refractivity contribution in [1.82, 2.24) is 14.9 Å². The Kier molecular flexibility index (Phi) is 6.34. The summed E-state index contributed by atoms with van der Waals surface area (Å²) >= 11 is 23.9. The van der Waals surface area contributed by atoms with Crippen LogP contribution in [-0.2, 0) is 6.54 Å². The molecule has 1 atom stereocenters. The monoisotopic (exact) mass is 407 g/mol. The predicted molar refractivity (Wildman–Crippen MR) is 92.1 cm³/mol. The highest BCUT2D eigenvalue weighted by atomic mass is 35.6. The van der Waals surface area contributed by atoms with Crippen molar-refractivity contribution in [2.75, 3.05) is 5.32 Å². The van der Waals surface area contributed by atoms with E-state index in [2.05, 4.69) is 15.3 Å². The van der Waals surface area contributed by atoms with E-state index >= 15 is 0 Å². The van der Waals surface area contributed by atoms with E-state index in [1.165, 1.54) is 12.4 Å². The fourth-order valence-electron chi connectivity index (χ4n) is 1.90. The average Bonchev–Trinajstić information content (AvgIpc) is 2.52. The first-order valence-corrected chi connectivity index (χ1v) is 8.11. The normalized spacial score (nSPS) is 12.5. The summed E-state index contributed by atoms with van der Waals surface area (Å²) in [5.74, 6) is 0.0965. The van der Waals surface area contributed by atoms with Gasteiger partial charge in [0.05, 0.1) is 0 Å². The molecule has 1 aromatic carbocycles. The summed E-state index contributed by atoms with van der Waals surface area (Å²) < 4.78 is -2.01. The Labute approximate surface area is 158 Å². The molecular formula is C14H11Cl4N4O2-. The highest BCUT2D eigenvalue weighted by Crippen LogP contribution is 2.34. The van der Waals surface area contributed by atoms with Gasteiger partial charge in [0, 0.05) is 24.0 Å². The zero-order valence-corrected chi connectivity index (χ0v) is 15.0. The third-order valence-corrected chi connectivity index (χ3v) is 3.98. The Hall–Kier alpha value is -1.47. The molecule has 1 aromatic heterocycles. The quantitative estimate of drug-likeness (QED) is 0.607. The number of anilines is 1. The van der Waals surface area contributed by atoms with E-state index in [1.807, 2.05) is 0 Å². The first kappa shape index (κ1) is 18.9. The summed E-state index contributed by atoms with van der Waals surface area (Å²) in [4.78, 5) is 20.3. The summed E-state index contributed by atoms with van der Waals surface area (Å²) in [7, 11) is 0. The minimum Gasteiger partial charge on any atom is -0.530 e. The lowest BCUT2D eigenvalue weighted by Gasteiger charge is -2.38. The molecule has 1 N–H and O–H groups in total. The Morgan fingerprint density at radius 3 is 2.38 bits per heavy atom. The molecule has 2 rings (SSSR count). The molecule has 24 heavy (non-hydrogen) atoms. The van der Waals surface area contributed by atoms with Crippen LogP contribution in [0.5, 0.6) is 0 Å². The van der Waals surface area contributed by atoms with Crippen LogP contribution in [0, 0.1) is 0 Å². The standard InChI is InChI=1S/C14H12Cl4N4O2/c15-10-5-2-1-4-9(10)8-22(13(23)24)11(14(16,17)18)21-12-19-6-3-7-20-12/h1-7,11H,8H2,(H,23,24)(H,19,20,21)/p-1. The zero-order chi connectivity index (χ0) is 17.7. The van der Waals surface area contributed by atoms with Gasteiger partial charge < -0.3 is 20.1 Å². The van der Waals surface area contributed by atoms with Gasteiger partial charge in [-0.2, -0.15) is 0 Å². The molecule has 10 heteroatoms. The number of carbonyl (C=O) groups is 1. The Morgan fingerprint density at radius 2 is 1.83 bits per heavy atom. The molecule has 0 fully saturated rings. The maximum Gasteiger partial charge on any atom is 0.228 e. The van der Waals surface area contributed by atoms with Crippen LogP contribution in [0.1, 0.15) is 5.56 Å². The van der Waals surface area contributed by atoms with Crippen LogP contribution in [0.2, 0.25) is 5.02 Å². The Morgan fingerprint density at radius 1 is 1.21 bits per heavy atom. The molecule has 0 saturated heterocycles. The largest absolute Gasteiger partial charge is 0.530 e. The van der Waals surface area contributed by atoms with Crippen molar-refractivity contribution >= 4 is 58.4 Å². The van der Waals surface area contributed by atoms with Crippen LogP contribution in [0.3, 0.4) is 0 Å². The lowest BCUT2D eigenvalue weighted by molar-refractivity contribution is -0.268. The molecule has 0 aliphatic carbocycles. The van der Waals surface area contributed by atoms with E-state index in [9.17, 15) is 9.90 Å². The van der Waals surface area contributed by atoms with Gasteiger partial charge in [-0.15, -0.1) is 0 Å². The molecule has 0 aliphatic rings. The van der Waals surface area contributed by atoms with Crippen LogP contribution < -0.4 is 10.4 Å². The number of hydrogen-bond donors (Lipinski definition) is 1. The molecular weight excluding hydrogens is 398 g/mol. The molecule has 0 radical (unpaired) electrons. The molecule has 0 saturated carbocycles. The van der Waals surface area contributed by atoms with Crippen molar-refractivity contribution in [3.8, 4) is 0 Å². The van der Waals surface area contributed by atoms with Gasteiger partial charge in [0.15, 0.2) is 6.17 Å². The van der Waals surface area contributed by atoms with E-state index in [0.29, 0.717) is 10.6 Å². The minimum atomic E-state index is -2.01. The highest BCUT2D eigenvalue weighted by Gasteiger charge is 2.38. The number of aromatic nitrogens is 2. The smallest absolute Gasteiger partial charge is 0.228 e. The number of carboxylic acid groups (broad SMARTS) is 1. The van der Waals surface area contributed by atoms with Crippen molar-refractivity contribution in [2.45, 2.75) is 16.5 Å². The van der Waals surface area contributed by atoms with E-state index in [-0.39, 0.29) is 12.5 Å². The van der Waals surface area contributed by atoms with Crippen LogP contribution in [0.4, 0.5) is 10.7 Å². The van der Waals surface area contributed by atoms with Crippen molar-refractivity contribution in [1.29, 1.82) is 0 Å². The summed E-state index contributed by atoms with van der Waals surface area (Å²) in [5, 5.41) is 14.7. The van der Waals surface area contributed by atoms with Crippen molar-refractivity contribution in [3.63, 3.8) is 0 Å². The first-order valence-electron chi connectivity index (χ1n) is 6.60. The number of carbonyl (C=O) groups excluding carboxylic acids is 1. The van der Waals surface area contributed by atoms with Crippen LogP contribution >= 0.6 is 46.4 Å².